The zero-order valence-electron chi connectivity index (χ0n) is 25.2. The summed E-state index contributed by atoms with van der Waals surface area (Å²) in [4.78, 5) is 0. The van der Waals surface area contributed by atoms with E-state index in [1.807, 2.05) is 0 Å². The maximum absolute atomic E-state index is 4.87. The van der Waals surface area contributed by atoms with Gasteiger partial charge in [0.25, 0.3) is 0 Å². The van der Waals surface area contributed by atoms with Crippen molar-refractivity contribution in [3.63, 3.8) is 0 Å². The van der Waals surface area contributed by atoms with Crippen LogP contribution in [0.5, 0.6) is 0 Å². The fraction of sp³-hybridized carbons (Fsp3) is 0.136. The molecule has 3 aliphatic carbocycles. The van der Waals surface area contributed by atoms with Crippen molar-refractivity contribution in [1.29, 1.82) is 0 Å². The summed E-state index contributed by atoms with van der Waals surface area (Å²) in [7, 11) is 0. The van der Waals surface area contributed by atoms with E-state index < -0.39 is 0 Å². The minimum Gasteiger partial charge on any atom is -0.0952 e. The molecule has 0 atom stereocenters. The lowest BCUT2D eigenvalue weighted by Gasteiger charge is -2.36. The van der Waals surface area contributed by atoms with E-state index in [0.29, 0.717) is 0 Å². The summed E-state index contributed by atoms with van der Waals surface area (Å²) >= 11 is 0. The second-order valence-electron chi connectivity index (χ2n) is 13.1. The molecule has 6 aromatic rings. The summed E-state index contributed by atoms with van der Waals surface area (Å²) in [6.45, 7) is 7.36. The molecule has 0 saturated heterocycles. The molecule has 3 aliphatic rings. The fourth-order valence-electron chi connectivity index (χ4n) is 8.69. The van der Waals surface area contributed by atoms with Crippen LogP contribution in [0.25, 0.3) is 39.0 Å². The van der Waals surface area contributed by atoms with Crippen LogP contribution in [-0.4, -0.2) is 0 Å². The van der Waals surface area contributed by atoms with Crippen LogP contribution in [0.3, 0.4) is 0 Å². The minimum absolute atomic E-state index is 0.258. The predicted octanol–water partition coefficient (Wildman–Crippen LogP) is 10.8. The van der Waals surface area contributed by atoms with E-state index in [1.165, 1.54) is 89.0 Å². The molecule has 0 spiro atoms. The van der Waals surface area contributed by atoms with E-state index in [9.17, 15) is 0 Å². The average Bonchev–Trinajstić information content (AvgIpc) is 3.75. The lowest BCUT2D eigenvalue weighted by Crippen LogP contribution is -2.27. The SMILES string of the molecule is C=C(CC(C)(c1cccc2c1Cc1ccccc1-2)c1cccc2c1Cc1ccccc1-2)c1cccc2c1Cc1ccccc1-2. The zero-order chi connectivity index (χ0) is 29.4. The Kier molecular flexibility index (Phi) is 5.53. The first-order valence-electron chi connectivity index (χ1n) is 15.9. The summed E-state index contributed by atoms with van der Waals surface area (Å²) in [5.41, 5.74) is 22.1. The lowest BCUT2D eigenvalue weighted by molar-refractivity contribution is 0.579. The third-order valence-electron chi connectivity index (χ3n) is 10.7. The van der Waals surface area contributed by atoms with Crippen LogP contribution in [0.1, 0.15) is 63.4 Å². The highest BCUT2D eigenvalue weighted by molar-refractivity contribution is 5.85. The number of benzene rings is 6. The molecule has 210 valence electrons. The van der Waals surface area contributed by atoms with E-state index in [2.05, 4.69) is 134 Å². The van der Waals surface area contributed by atoms with Crippen LogP contribution in [-0.2, 0) is 24.7 Å². The monoisotopic (exact) mass is 562 g/mol. The van der Waals surface area contributed by atoms with Gasteiger partial charge in [0.1, 0.15) is 0 Å². The highest BCUT2D eigenvalue weighted by Gasteiger charge is 2.38. The maximum atomic E-state index is 4.87. The van der Waals surface area contributed by atoms with Crippen LogP contribution in [0.15, 0.2) is 134 Å². The first kappa shape index (κ1) is 25.5. The van der Waals surface area contributed by atoms with Gasteiger partial charge in [-0.05, 0) is 115 Å². The van der Waals surface area contributed by atoms with Gasteiger partial charge < -0.3 is 0 Å². The van der Waals surface area contributed by atoms with Crippen LogP contribution in [0.4, 0.5) is 0 Å². The van der Waals surface area contributed by atoms with Crippen molar-refractivity contribution in [2.75, 3.05) is 0 Å². The summed E-state index contributed by atoms with van der Waals surface area (Å²) in [6.07, 6.45) is 3.80. The van der Waals surface area contributed by atoms with E-state index >= 15 is 0 Å². The molecule has 44 heavy (non-hydrogen) atoms. The molecule has 9 rings (SSSR count). The first-order valence-corrected chi connectivity index (χ1v) is 15.9. The van der Waals surface area contributed by atoms with Gasteiger partial charge in [0, 0.05) is 5.41 Å². The summed E-state index contributed by atoms with van der Waals surface area (Å²) in [5, 5.41) is 0. The van der Waals surface area contributed by atoms with Gasteiger partial charge in [-0.25, -0.2) is 0 Å². The highest BCUT2D eigenvalue weighted by atomic mass is 14.4. The van der Waals surface area contributed by atoms with Gasteiger partial charge in [-0.3, -0.25) is 0 Å². The Morgan fingerprint density at radius 3 is 1.36 bits per heavy atom. The van der Waals surface area contributed by atoms with Crippen molar-refractivity contribution in [2.45, 2.75) is 38.0 Å². The molecule has 0 fully saturated rings. The quantitative estimate of drug-likeness (QED) is 0.196. The van der Waals surface area contributed by atoms with Crippen LogP contribution < -0.4 is 0 Å². The van der Waals surface area contributed by atoms with Crippen molar-refractivity contribution < 1.29 is 0 Å². The van der Waals surface area contributed by atoms with Crippen molar-refractivity contribution in [1.82, 2.24) is 0 Å². The molecule has 0 bridgehead atoms. The molecule has 0 aliphatic heterocycles. The van der Waals surface area contributed by atoms with Crippen molar-refractivity contribution in [3.05, 3.63) is 184 Å². The summed E-state index contributed by atoms with van der Waals surface area (Å²) in [6, 6.07) is 47.7. The smallest absolute Gasteiger partial charge is 0.0221 e. The number of hydrogen-bond acceptors (Lipinski definition) is 0. The van der Waals surface area contributed by atoms with E-state index in [1.54, 1.807) is 0 Å². The standard InChI is InChI=1S/C44H34/c1-28(32-18-9-19-36-33-15-6-3-12-29(33)24-39(32)36)27-44(2,42-22-10-20-37-34-16-7-4-13-30(34)25-40(37)42)43-23-11-21-38-35-17-8-5-14-31(35)26-41(38)43/h3-23H,1,24-27H2,2H3. The third-order valence-corrected chi connectivity index (χ3v) is 10.7. The second kappa shape index (κ2) is 9.53. The molecule has 0 nitrogen and oxygen atoms in total. The Bertz CT molecular complexity index is 2060. The number of fused-ring (bicyclic) bond motifs is 9. The van der Waals surface area contributed by atoms with Gasteiger partial charge in [-0.1, -0.05) is 141 Å². The number of allylic oxidation sites excluding steroid dienone is 1. The second-order valence-corrected chi connectivity index (χ2v) is 13.1. The van der Waals surface area contributed by atoms with E-state index in [0.717, 1.165) is 25.7 Å². The molecular formula is C44H34. The molecule has 0 heterocycles. The van der Waals surface area contributed by atoms with Crippen LogP contribution in [0, 0.1) is 0 Å². The zero-order valence-corrected chi connectivity index (χ0v) is 25.2. The largest absolute Gasteiger partial charge is 0.0952 e. The van der Waals surface area contributed by atoms with Gasteiger partial charge in [-0.15, -0.1) is 0 Å². The lowest BCUT2D eigenvalue weighted by atomic mass is 9.67. The minimum atomic E-state index is -0.258. The van der Waals surface area contributed by atoms with Crippen LogP contribution in [0.2, 0.25) is 0 Å². The van der Waals surface area contributed by atoms with Gasteiger partial charge in [0.2, 0.25) is 0 Å². The molecule has 0 radical (unpaired) electrons. The summed E-state index contributed by atoms with van der Waals surface area (Å²) in [5.74, 6) is 0. The predicted molar refractivity (Wildman–Crippen MR) is 184 cm³/mol. The molecule has 6 aromatic carbocycles. The van der Waals surface area contributed by atoms with Crippen molar-refractivity contribution in [3.8, 4) is 33.4 Å². The molecule has 0 saturated carbocycles. The Balaban J connectivity index is 1.22. The maximum Gasteiger partial charge on any atom is 0.0221 e. The molecule has 0 aromatic heterocycles. The summed E-state index contributed by atoms with van der Waals surface area (Å²) < 4.78 is 0. The first-order chi connectivity index (χ1) is 21.6. The third kappa shape index (κ3) is 3.64. The Labute approximate surface area is 260 Å². The van der Waals surface area contributed by atoms with E-state index in [-0.39, 0.29) is 5.41 Å². The highest BCUT2D eigenvalue weighted by Crippen LogP contribution is 2.51. The van der Waals surface area contributed by atoms with Crippen LogP contribution >= 0.6 is 0 Å². The Hall–Kier alpha value is -4.94. The molecule has 0 unspecified atom stereocenters. The molecule has 0 heteroatoms. The van der Waals surface area contributed by atoms with Gasteiger partial charge in [-0.2, -0.15) is 0 Å². The molecule has 0 amide bonds. The fourth-order valence-corrected chi connectivity index (χ4v) is 8.69. The normalized spacial score (nSPS) is 13.5. The number of rotatable bonds is 5. The average molecular weight is 563 g/mol. The topological polar surface area (TPSA) is 0 Å². The number of hydrogen-bond donors (Lipinski definition) is 0. The van der Waals surface area contributed by atoms with E-state index in [4.69, 9.17) is 6.58 Å². The van der Waals surface area contributed by atoms with Gasteiger partial charge in [0.05, 0.1) is 0 Å². The van der Waals surface area contributed by atoms with Crippen molar-refractivity contribution in [2.24, 2.45) is 0 Å². The van der Waals surface area contributed by atoms with Gasteiger partial charge >= 0.3 is 0 Å². The van der Waals surface area contributed by atoms with Crippen molar-refractivity contribution >= 4 is 5.57 Å². The molecular weight excluding hydrogens is 528 g/mol. The Morgan fingerprint density at radius 1 is 0.477 bits per heavy atom. The Morgan fingerprint density at radius 2 is 0.864 bits per heavy atom. The molecule has 0 N–H and O–H groups in total. The van der Waals surface area contributed by atoms with Gasteiger partial charge in [0.15, 0.2) is 0 Å².